The minimum absolute atomic E-state index is 0.0379. The second-order valence-electron chi connectivity index (χ2n) is 7.30. The summed E-state index contributed by atoms with van der Waals surface area (Å²) in [6.07, 6.45) is 2.72. The van der Waals surface area contributed by atoms with Crippen molar-refractivity contribution in [2.45, 2.75) is 70.4 Å². The van der Waals surface area contributed by atoms with Gasteiger partial charge < -0.3 is 14.6 Å². The Morgan fingerprint density at radius 2 is 1.85 bits per heavy atom. The van der Waals surface area contributed by atoms with Crippen molar-refractivity contribution in [1.29, 1.82) is 0 Å². The van der Waals surface area contributed by atoms with Gasteiger partial charge in [0.1, 0.15) is 0 Å². The van der Waals surface area contributed by atoms with Gasteiger partial charge in [-0.05, 0) is 38.0 Å². The summed E-state index contributed by atoms with van der Waals surface area (Å²) >= 11 is 0. The van der Waals surface area contributed by atoms with E-state index in [0.717, 1.165) is 19.3 Å². The van der Waals surface area contributed by atoms with Crippen LogP contribution in [0.3, 0.4) is 0 Å². The second kappa shape index (κ2) is 4.17. The number of hydrogen-bond donors (Lipinski definition) is 1. The lowest BCUT2D eigenvalue weighted by atomic mass is 9.58. The van der Waals surface area contributed by atoms with E-state index < -0.39 is 24.0 Å². The van der Waals surface area contributed by atoms with Crippen LogP contribution in [-0.2, 0) is 19.2 Å². The van der Waals surface area contributed by atoms with Gasteiger partial charge in [0.2, 0.25) is 5.79 Å². The molecule has 8 atom stereocenters. The molecular formula is C15H24O5. The Bertz CT molecular complexity index is 411. The average molecular weight is 284 g/mol. The first-order valence-corrected chi connectivity index (χ1v) is 7.84. The largest absolute Gasteiger partial charge is 0.368 e. The van der Waals surface area contributed by atoms with Crippen LogP contribution >= 0.6 is 0 Å². The fraction of sp³-hybridized carbons (Fsp3) is 1.00. The summed E-state index contributed by atoms with van der Waals surface area (Å²) in [5.74, 6) is 0.437. The van der Waals surface area contributed by atoms with Gasteiger partial charge in [-0.1, -0.05) is 13.8 Å². The van der Waals surface area contributed by atoms with Gasteiger partial charge in [-0.25, -0.2) is 9.78 Å². The van der Waals surface area contributed by atoms with Crippen LogP contribution < -0.4 is 0 Å². The van der Waals surface area contributed by atoms with Gasteiger partial charge in [0.25, 0.3) is 0 Å². The molecule has 1 spiro atoms. The molecule has 0 aromatic rings. The quantitative estimate of drug-likeness (QED) is 0.691. The molecule has 114 valence electrons. The smallest absolute Gasteiger partial charge is 0.201 e. The molecule has 5 nitrogen and oxygen atoms in total. The van der Waals surface area contributed by atoms with E-state index in [0.29, 0.717) is 11.8 Å². The number of ether oxygens (including phenoxy) is 2. The van der Waals surface area contributed by atoms with Gasteiger partial charge in [-0.2, -0.15) is 0 Å². The van der Waals surface area contributed by atoms with Crippen LogP contribution in [0.25, 0.3) is 0 Å². The maximum atomic E-state index is 10.2. The Morgan fingerprint density at radius 1 is 1.05 bits per heavy atom. The Kier molecular flexibility index (Phi) is 2.81. The highest BCUT2D eigenvalue weighted by Gasteiger charge is 2.69. The van der Waals surface area contributed by atoms with Crippen molar-refractivity contribution in [3.63, 3.8) is 0 Å². The van der Waals surface area contributed by atoms with Gasteiger partial charge in [0.05, 0.1) is 0 Å². The molecule has 20 heavy (non-hydrogen) atoms. The normalized spacial score (nSPS) is 61.8. The lowest BCUT2D eigenvalue weighted by molar-refractivity contribution is -0.576. The summed E-state index contributed by atoms with van der Waals surface area (Å²) in [6, 6.07) is 0. The molecule has 1 unspecified atom stereocenters. The molecule has 1 N–H and O–H groups in total. The molecule has 1 aliphatic carbocycles. The Hall–Kier alpha value is -0.200. The predicted molar refractivity (Wildman–Crippen MR) is 69.0 cm³/mol. The van der Waals surface area contributed by atoms with Crippen molar-refractivity contribution in [3.05, 3.63) is 0 Å². The zero-order valence-electron chi connectivity index (χ0n) is 12.4. The Balaban J connectivity index is 1.82. The van der Waals surface area contributed by atoms with E-state index in [4.69, 9.17) is 19.2 Å². The molecule has 5 fully saturated rings. The molecule has 0 radical (unpaired) electrons. The van der Waals surface area contributed by atoms with Crippen LogP contribution in [0.1, 0.15) is 46.5 Å². The molecule has 0 aromatic heterocycles. The van der Waals surface area contributed by atoms with E-state index in [2.05, 4.69) is 6.92 Å². The average Bonchev–Trinajstić information content (AvgIpc) is 2.63. The molecule has 0 amide bonds. The molecule has 2 bridgehead atoms. The topological polar surface area (TPSA) is 57.2 Å². The minimum Gasteiger partial charge on any atom is -0.368 e. The standard InChI is InChI=1S/C15H24O5/c1-8-4-5-11-9(2)12(16)17-13-15(11)10(8)6-7-14(3,18-13)19-20-15/h8-13,16H,4-7H2,1-3H3/t8-,9-,10+,11+,12+,13-,14+,15?/m0/s1. The van der Waals surface area contributed by atoms with Crippen molar-refractivity contribution in [3.8, 4) is 0 Å². The van der Waals surface area contributed by atoms with Crippen molar-refractivity contribution in [1.82, 2.24) is 0 Å². The van der Waals surface area contributed by atoms with Crippen LogP contribution in [0.4, 0.5) is 0 Å². The number of aliphatic hydroxyl groups is 1. The first-order chi connectivity index (χ1) is 9.46. The van der Waals surface area contributed by atoms with Crippen molar-refractivity contribution in [2.24, 2.45) is 23.7 Å². The van der Waals surface area contributed by atoms with Crippen LogP contribution in [-0.4, -0.2) is 29.1 Å². The van der Waals surface area contributed by atoms with E-state index in [1.165, 1.54) is 6.42 Å². The van der Waals surface area contributed by atoms with Gasteiger partial charge in [0, 0.05) is 18.3 Å². The van der Waals surface area contributed by atoms with E-state index in [1.807, 2.05) is 13.8 Å². The van der Waals surface area contributed by atoms with Crippen LogP contribution in [0.5, 0.6) is 0 Å². The first-order valence-electron chi connectivity index (χ1n) is 7.84. The van der Waals surface area contributed by atoms with Gasteiger partial charge in [-0.15, -0.1) is 0 Å². The van der Waals surface area contributed by atoms with Crippen molar-refractivity contribution < 1.29 is 24.4 Å². The van der Waals surface area contributed by atoms with Gasteiger partial charge in [-0.3, -0.25) is 0 Å². The summed E-state index contributed by atoms with van der Waals surface area (Å²) in [7, 11) is 0. The molecule has 5 rings (SSSR count). The third-order valence-corrected chi connectivity index (χ3v) is 6.12. The first kappa shape index (κ1) is 13.5. The third-order valence-electron chi connectivity index (χ3n) is 6.12. The monoisotopic (exact) mass is 284 g/mol. The number of aliphatic hydroxyl groups excluding tert-OH is 1. The summed E-state index contributed by atoms with van der Waals surface area (Å²) in [4.78, 5) is 11.6. The third kappa shape index (κ3) is 1.56. The molecule has 0 aromatic carbocycles. The lowest BCUT2D eigenvalue weighted by Gasteiger charge is -2.59. The fourth-order valence-corrected chi connectivity index (χ4v) is 4.89. The maximum Gasteiger partial charge on any atom is 0.201 e. The summed E-state index contributed by atoms with van der Waals surface area (Å²) in [6.45, 7) is 6.22. The minimum atomic E-state index is -0.781. The molecular weight excluding hydrogens is 260 g/mol. The number of rotatable bonds is 0. The fourth-order valence-electron chi connectivity index (χ4n) is 4.89. The summed E-state index contributed by atoms with van der Waals surface area (Å²) < 4.78 is 11.9. The van der Waals surface area contributed by atoms with Crippen LogP contribution in [0.2, 0.25) is 0 Å². The lowest BCUT2D eigenvalue weighted by Crippen LogP contribution is -2.70. The highest BCUT2D eigenvalue weighted by molar-refractivity contribution is 5.08. The molecule has 1 saturated carbocycles. The highest BCUT2D eigenvalue weighted by Crippen LogP contribution is 2.60. The Labute approximate surface area is 119 Å². The van der Waals surface area contributed by atoms with Crippen LogP contribution in [0.15, 0.2) is 0 Å². The molecule has 5 heteroatoms. The zero-order valence-corrected chi connectivity index (χ0v) is 12.4. The van der Waals surface area contributed by atoms with E-state index in [-0.39, 0.29) is 11.8 Å². The zero-order chi connectivity index (χ0) is 14.1. The van der Waals surface area contributed by atoms with Gasteiger partial charge in [0.15, 0.2) is 18.2 Å². The van der Waals surface area contributed by atoms with Crippen molar-refractivity contribution >= 4 is 0 Å². The van der Waals surface area contributed by atoms with Crippen molar-refractivity contribution in [2.75, 3.05) is 0 Å². The molecule has 4 heterocycles. The number of hydrogen-bond acceptors (Lipinski definition) is 5. The SMILES string of the molecule is C[C@@H]1[C@H](O)O[C@H]2O[C@@]3(C)CC[C@@H]4[C@@H](C)CC[C@H]1C24OO3. The number of fused-ring (bicyclic) bond motifs is 2. The summed E-state index contributed by atoms with van der Waals surface area (Å²) in [5, 5.41) is 10.2. The van der Waals surface area contributed by atoms with Gasteiger partial charge >= 0.3 is 0 Å². The van der Waals surface area contributed by atoms with E-state index in [1.54, 1.807) is 0 Å². The van der Waals surface area contributed by atoms with E-state index >= 15 is 0 Å². The molecule has 4 aliphatic heterocycles. The highest BCUT2D eigenvalue weighted by atomic mass is 17.3. The maximum absolute atomic E-state index is 10.2. The molecule has 5 aliphatic rings. The molecule has 4 saturated heterocycles. The predicted octanol–water partition coefficient (Wildman–Crippen LogP) is 2.19. The summed E-state index contributed by atoms with van der Waals surface area (Å²) in [5.41, 5.74) is -0.549. The second-order valence-corrected chi connectivity index (χ2v) is 7.30. The van der Waals surface area contributed by atoms with E-state index in [9.17, 15) is 5.11 Å². The van der Waals surface area contributed by atoms with Crippen LogP contribution in [0, 0.1) is 23.7 Å². The Morgan fingerprint density at radius 3 is 2.65 bits per heavy atom.